The van der Waals surface area contributed by atoms with E-state index in [1.54, 1.807) is 37.5 Å². The summed E-state index contributed by atoms with van der Waals surface area (Å²) in [7, 11) is 0. The summed E-state index contributed by atoms with van der Waals surface area (Å²) in [5, 5.41) is 13.2. The lowest BCUT2D eigenvalue weighted by atomic mass is 9.79. The molecule has 0 aliphatic carbocycles. The lowest BCUT2D eigenvalue weighted by Gasteiger charge is -2.39. The van der Waals surface area contributed by atoms with Gasteiger partial charge in [-0.2, -0.15) is 13.2 Å². The Balaban J connectivity index is 1.65. The van der Waals surface area contributed by atoms with Crippen molar-refractivity contribution in [2.45, 2.75) is 38.4 Å². The molecule has 2 atom stereocenters. The van der Waals surface area contributed by atoms with E-state index in [1.165, 1.54) is 6.07 Å². The van der Waals surface area contributed by atoms with Crippen LogP contribution < -0.4 is 10.6 Å². The molecule has 11 heteroatoms. The third-order valence-corrected chi connectivity index (χ3v) is 5.87. The Morgan fingerprint density at radius 1 is 1.18 bits per heavy atom. The second kappa shape index (κ2) is 9.41. The zero-order valence-corrected chi connectivity index (χ0v) is 18.7. The zero-order chi connectivity index (χ0) is 24.3. The number of carbonyl (C=O) groups is 1. The van der Waals surface area contributed by atoms with E-state index in [2.05, 4.69) is 42.7 Å². The summed E-state index contributed by atoms with van der Waals surface area (Å²) in [6.07, 6.45) is -0.0768. The molecule has 0 aromatic carbocycles. The van der Waals surface area contributed by atoms with Crippen molar-refractivity contribution in [3.05, 3.63) is 59.8 Å². The highest BCUT2D eigenvalue weighted by Crippen LogP contribution is 2.31. The molecule has 0 unspecified atom stereocenters. The summed E-state index contributed by atoms with van der Waals surface area (Å²) in [4.78, 5) is 27.1. The quantitative estimate of drug-likeness (QED) is 0.524. The largest absolute Gasteiger partial charge is 0.435 e. The van der Waals surface area contributed by atoms with Gasteiger partial charge < -0.3 is 10.6 Å². The number of anilines is 1. The highest BCUT2D eigenvalue weighted by atomic mass is 19.4. The molecule has 4 rings (SSSR count). The van der Waals surface area contributed by atoms with Gasteiger partial charge >= 0.3 is 6.18 Å². The number of pyridine rings is 1. The van der Waals surface area contributed by atoms with Crippen LogP contribution in [0, 0.1) is 12.8 Å². The fourth-order valence-electron chi connectivity index (χ4n) is 3.87. The molecule has 1 aliphatic rings. The predicted octanol–water partition coefficient (Wildman–Crippen LogP) is 3.71. The molecular weight excluding hydrogens is 447 g/mol. The molecule has 1 saturated heterocycles. The molecule has 3 aromatic heterocycles. The number of nitrogens with one attached hydrogen (secondary N) is 2. The summed E-state index contributed by atoms with van der Waals surface area (Å²) < 4.78 is 38.4. The first-order valence-corrected chi connectivity index (χ1v) is 10.9. The van der Waals surface area contributed by atoms with Crippen LogP contribution in [0.3, 0.4) is 0 Å². The SMILES string of the molecule is Cc1ccc(-c2ncccn2)c(C(=O)[C@@]2(CNc3ccc(C(F)(F)F)nn3)CC[C@H](C)CN2)n1. The van der Waals surface area contributed by atoms with Gasteiger partial charge in [-0.15, -0.1) is 10.2 Å². The molecule has 4 heterocycles. The summed E-state index contributed by atoms with van der Waals surface area (Å²) >= 11 is 0. The number of hydrogen-bond donors (Lipinski definition) is 2. The van der Waals surface area contributed by atoms with Crippen molar-refractivity contribution in [1.29, 1.82) is 0 Å². The van der Waals surface area contributed by atoms with Gasteiger partial charge in [0, 0.05) is 30.2 Å². The van der Waals surface area contributed by atoms with Gasteiger partial charge in [0.15, 0.2) is 11.5 Å². The van der Waals surface area contributed by atoms with E-state index in [1.807, 2.05) is 0 Å². The first kappa shape index (κ1) is 23.7. The van der Waals surface area contributed by atoms with Crippen molar-refractivity contribution >= 4 is 11.6 Å². The molecule has 0 amide bonds. The topological polar surface area (TPSA) is 106 Å². The Hall–Kier alpha value is -3.47. The molecule has 178 valence electrons. The third kappa shape index (κ3) is 5.04. The molecule has 34 heavy (non-hydrogen) atoms. The van der Waals surface area contributed by atoms with Crippen LogP contribution in [-0.2, 0) is 6.18 Å². The maximum absolute atomic E-state index is 14.0. The van der Waals surface area contributed by atoms with Crippen molar-refractivity contribution in [3.8, 4) is 11.4 Å². The van der Waals surface area contributed by atoms with Crippen molar-refractivity contribution in [2.75, 3.05) is 18.4 Å². The van der Waals surface area contributed by atoms with Crippen molar-refractivity contribution < 1.29 is 18.0 Å². The van der Waals surface area contributed by atoms with Crippen molar-refractivity contribution in [3.63, 3.8) is 0 Å². The van der Waals surface area contributed by atoms with E-state index >= 15 is 0 Å². The molecule has 8 nitrogen and oxygen atoms in total. The van der Waals surface area contributed by atoms with Gasteiger partial charge in [-0.05, 0) is 62.6 Å². The fourth-order valence-corrected chi connectivity index (χ4v) is 3.87. The molecule has 0 saturated carbocycles. The number of halogens is 3. The normalized spacial score (nSPS) is 20.7. The average molecular weight is 471 g/mol. The second-order valence-electron chi connectivity index (χ2n) is 8.51. The van der Waals surface area contributed by atoms with Gasteiger partial charge in [0.2, 0.25) is 5.78 Å². The average Bonchev–Trinajstić information content (AvgIpc) is 2.84. The minimum atomic E-state index is -4.57. The molecular formula is C23H24F3N7O. The lowest BCUT2D eigenvalue weighted by molar-refractivity contribution is -0.141. The summed E-state index contributed by atoms with van der Waals surface area (Å²) in [6, 6.07) is 7.31. The van der Waals surface area contributed by atoms with Crippen molar-refractivity contribution in [1.82, 2.24) is 30.5 Å². The van der Waals surface area contributed by atoms with E-state index < -0.39 is 17.4 Å². The number of carbonyl (C=O) groups excluding carboxylic acids is 1. The maximum atomic E-state index is 14.0. The number of hydrogen-bond acceptors (Lipinski definition) is 8. The van der Waals surface area contributed by atoms with Crippen LogP contribution >= 0.6 is 0 Å². The minimum Gasteiger partial charge on any atom is -0.366 e. The van der Waals surface area contributed by atoms with Gasteiger partial charge in [-0.3, -0.25) is 4.79 Å². The molecule has 1 fully saturated rings. The van der Waals surface area contributed by atoms with E-state index in [-0.39, 0.29) is 23.8 Å². The molecule has 0 radical (unpaired) electrons. The Kier molecular flexibility index (Phi) is 6.56. The van der Waals surface area contributed by atoms with Crippen molar-refractivity contribution in [2.24, 2.45) is 5.92 Å². The maximum Gasteiger partial charge on any atom is 0.435 e. The van der Waals surface area contributed by atoms with E-state index in [4.69, 9.17) is 0 Å². The Morgan fingerprint density at radius 2 is 1.94 bits per heavy atom. The van der Waals surface area contributed by atoms with Crippen LogP contribution in [-0.4, -0.2) is 49.6 Å². The minimum absolute atomic E-state index is 0.101. The number of Topliss-reactive ketones (excluding diaryl/α,β-unsaturated/α-hetero) is 1. The number of nitrogens with zero attached hydrogens (tertiary/aromatic N) is 5. The molecule has 0 bridgehead atoms. The monoisotopic (exact) mass is 471 g/mol. The first-order chi connectivity index (χ1) is 16.2. The highest BCUT2D eigenvalue weighted by Gasteiger charge is 2.43. The summed E-state index contributed by atoms with van der Waals surface area (Å²) in [5.41, 5.74) is -0.686. The summed E-state index contributed by atoms with van der Waals surface area (Å²) in [5.74, 6) is 0.663. The van der Waals surface area contributed by atoms with E-state index in [9.17, 15) is 18.0 Å². The van der Waals surface area contributed by atoms with Crippen LogP contribution in [0.5, 0.6) is 0 Å². The number of aryl methyl sites for hydroxylation is 1. The Labute approximate surface area is 194 Å². The molecule has 2 N–H and O–H groups in total. The third-order valence-electron chi connectivity index (χ3n) is 5.87. The van der Waals surface area contributed by atoms with E-state index in [0.717, 1.165) is 12.5 Å². The molecule has 0 spiro atoms. The van der Waals surface area contributed by atoms with Gasteiger partial charge in [0.05, 0.1) is 0 Å². The first-order valence-electron chi connectivity index (χ1n) is 10.9. The Bertz CT molecular complexity index is 1150. The van der Waals surface area contributed by atoms with Crippen LogP contribution in [0.15, 0.2) is 42.7 Å². The summed E-state index contributed by atoms with van der Waals surface area (Å²) in [6.45, 7) is 4.59. The van der Waals surface area contributed by atoms with Gasteiger partial charge in [0.25, 0.3) is 0 Å². The van der Waals surface area contributed by atoms with Gasteiger partial charge in [-0.25, -0.2) is 15.0 Å². The number of ketones is 1. The Morgan fingerprint density at radius 3 is 2.56 bits per heavy atom. The zero-order valence-electron chi connectivity index (χ0n) is 18.7. The lowest BCUT2D eigenvalue weighted by Crippen LogP contribution is -2.60. The van der Waals surface area contributed by atoms with Gasteiger partial charge in [0.1, 0.15) is 17.1 Å². The van der Waals surface area contributed by atoms with E-state index in [0.29, 0.717) is 36.0 Å². The van der Waals surface area contributed by atoms with Crippen LogP contribution in [0.2, 0.25) is 0 Å². The number of piperidine rings is 1. The smallest absolute Gasteiger partial charge is 0.366 e. The number of rotatable bonds is 6. The predicted molar refractivity (Wildman–Crippen MR) is 119 cm³/mol. The molecule has 1 aliphatic heterocycles. The highest BCUT2D eigenvalue weighted by molar-refractivity contribution is 6.06. The number of alkyl halides is 3. The van der Waals surface area contributed by atoms with Gasteiger partial charge in [-0.1, -0.05) is 6.92 Å². The number of aromatic nitrogens is 5. The van der Waals surface area contributed by atoms with Crippen LogP contribution in [0.4, 0.5) is 19.0 Å². The van der Waals surface area contributed by atoms with Crippen LogP contribution in [0.1, 0.15) is 41.6 Å². The van der Waals surface area contributed by atoms with Crippen LogP contribution in [0.25, 0.3) is 11.4 Å². The second-order valence-corrected chi connectivity index (χ2v) is 8.51. The fraction of sp³-hybridized carbons (Fsp3) is 0.391. The molecule has 3 aromatic rings. The standard InChI is InChI=1S/C23H24F3N7O/c1-14-8-9-22(30-12-14,13-29-18-7-6-17(32-33-18)23(24,25)26)20(34)19-16(5-4-15(2)31-19)21-27-10-3-11-28-21/h3-7,10-11,14,30H,8-9,12-13H2,1-2H3,(H,29,33)/t14-,22-/m0/s1.